The molecule has 8 nitrogen and oxygen atoms in total. The van der Waals surface area contributed by atoms with Gasteiger partial charge < -0.3 is 19.5 Å². The minimum Gasteiger partial charge on any atom is -0.569 e. The topological polar surface area (TPSA) is 95.2 Å². The number of nitrogens with one attached hydrogen (secondary N) is 1. The molecule has 0 rings (SSSR count). The van der Waals surface area contributed by atoms with E-state index in [4.69, 9.17) is 4.74 Å². The van der Waals surface area contributed by atoms with Crippen molar-refractivity contribution < 1.29 is 24.1 Å². The van der Waals surface area contributed by atoms with Crippen LogP contribution in [-0.4, -0.2) is 30.6 Å². The average molecular weight is 277 g/mol. The Bertz CT molecular complexity index is 301. The smallest absolute Gasteiger partial charge is 0.511 e. The molecule has 0 fully saturated rings. The van der Waals surface area contributed by atoms with Gasteiger partial charge in [0.2, 0.25) is 5.28 Å². The lowest BCUT2D eigenvalue weighted by molar-refractivity contribution is -0.615. The van der Waals surface area contributed by atoms with Crippen LogP contribution < -0.4 is 5.43 Å². The lowest BCUT2D eigenvalue weighted by Crippen LogP contribution is -2.29. The van der Waals surface area contributed by atoms with E-state index >= 15 is 0 Å². The third-order valence-corrected chi connectivity index (χ3v) is 2.35. The lowest BCUT2D eigenvalue weighted by Gasteiger charge is -2.26. The molecule has 19 heavy (non-hydrogen) atoms. The van der Waals surface area contributed by atoms with E-state index in [0.29, 0.717) is 6.54 Å². The molecule has 0 spiro atoms. The molecule has 8 heteroatoms. The Morgan fingerprint density at radius 3 is 2.63 bits per heavy atom. The summed E-state index contributed by atoms with van der Waals surface area (Å²) in [5.74, 6) is 0. The van der Waals surface area contributed by atoms with E-state index in [0.717, 1.165) is 6.42 Å². The summed E-state index contributed by atoms with van der Waals surface area (Å²) < 4.78 is 9.59. The van der Waals surface area contributed by atoms with Gasteiger partial charge in [-0.3, -0.25) is 0 Å². The van der Waals surface area contributed by atoms with E-state index in [1.54, 1.807) is 6.92 Å². The number of ether oxygens (including phenoxy) is 2. The first kappa shape index (κ1) is 17.3. The Morgan fingerprint density at radius 1 is 1.47 bits per heavy atom. The van der Waals surface area contributed by atoms with E-state index in [-0.39, 0.29) is 16.5 Å². The van der Waals surface area contributed by atoms with E-state index < -0.39 is 12.9 Å². The zero-order chi connectivity index (χ0) is 14.9. The molecule has 1 N–H and O–H groups in total. The van der Waals surface area contributed by atoms with Crippen LogP contribution in [0.4, 0.5) is 4.79 Å². The highest BCUT2D eigenvalue weighted by Crippen LogP contribution is 2.21. The summed E-state index contributed by atoms with van der Waals surface area (Å²) in [5, 5.41) is 14.0. The zero-order valence-electron chi connectivity index (χ0n) is 12.1. The summed E-state index contributed by atoms with van der Waals surface area (Å²) >= 11 is 0. The molecular formula is C11H23N3O5. The second-order valence-corrected chi connectivity index (χ2v) is 5.03. The minimum atomic E-state index is -0.864. The van der Waals surface area contributed by atoms with Crippen LogP contribution in [-0.2, 0) is 14.3 Å². The summed E-state index contributed by atoms with van der Waals surface area (Å²) in [6.45, 7) is 9.46. The maximum absolute atomic E-state index is 11.2. The van der Waals surface area contributed by atoms with Gasteiger partial charge in [0.25, 0.3) is 6.79 Å². The van der Waals surface area contributed by atoms with Crippen molar-refractivity contribution in [3.05, 3.63) is 5.21 Å². The maximum Gasteiger partial charge on any atom is 0.511 e. The number of rotatable bonds is 7. The van der Waals surface area contributed by atoms with Crippen LogP contribution in [0.5, 0.6) is 0 Å². The molecule has 0 aliphatic heterocycles. The SMILES string of the molecule is CCCN/[N+]([O-])=N/OCOC(=O)OC(C)C(C)(C)C. The number of nitrogens with zero attached hydrogens (tertiary/aromatic N) is 2. The summed E-state index contributed by atoms with van der Waals surface area (Å²) in [4.78, 5) is 15.9. The van der Waals surface area contributed by atoms with Crippen LogP contribution in [0.1, 0.15) is 41.0 Å². The van der Waals surface area contributed by atoms with Gasteiger partial charge in [0.05, 0.1) is 11.5 Å². The number of hydrogen-bond acceptors (Lipinski definition) is 6. The highest BCUT2D eigenvalue weighted by atomic mass is 16.8. The van der Waals surface area contributed by atoms with Crippen molar-refractivity contribution in [2.45, 2.75) is 47.1 Å². The molecule has 0 saturated heterocycles. The maximum atomic E-state index is 11.2. The van der Waals surface area contributed by atoms with Crippen LogP contribution in [0.15, 0.2) is 5.28 Å². The normalized spacial score (nSPS) is 13.6. The van der Waals surface area contributed by atoms with Crippen LogP contribution in [0.2, 0.25) is 0 Å². The van der Waals surface area contributed by atoms with Gasteiger partial charge in [0.15, 0.2) is 0 Å². The molecule has 0 aromatic heterocycles. The molecule has 1 atom stereocenters. The Hall–Kier alpha value is -1.73. The average Bonchev–Trinajstić information content (AvgIpc) is 2.30. The molecule has 0 amide bonds. The van der Waals surface area contributed by atoms with Crippen LogP contribution in [0, 0.1) is 10.6 Å². The van der Waals surface area contributed by atoms with Gasteiger partial charge in [-0.1, -0.05) is 27.7 Å². The molecule has 1 unspecified atom stereocenters. The Kier molecular flexibility index (Phi) is 7.62. The van der Waals surface area contributed by atoms with Gasteiger partial charge in [-0.05, 0) is 18.8 Å². The minimum absolute atomic E-state index is 0.163. The quantitative estimate of drug-likeness (QED) is 0.192. The van der Waals surface area contributed by atoms with Crippen molar-refractivity contribution in [2.24, 2.45) is 10.7 Å². The fourth-order valence-electron chi connectivity index (χ4n) is 0.742. The molecule has 0 aromatic carbocycles. The number of hydrogen-bond donors (Lipinski definition) is 1. The lowest BCUT2D eigenvalue weighted by atomic mass is 9.90. The molecule has 0 bridgehead atoms. The van der Waals surface area contributed by atoms with Crippen LogP contribution in [0.25, 0.3) is 0 Å². The predicted molar refractivity (Wildman–Crippen MR) is 66.8 cm³/mol. The third-order valence-electron chi connectivity index (χ3n) is 2.35. The molecule has 0 radical (unpaired) electrons. The highest BCUT2D eigenvalue weighted by molar-refractivity contribution is 5.60. The zero-order valence-corrected chi connectivity index (χ0v) is 12.1. The Morgan fingerprint density at radius 2 is 2.11 bits per heavy atom. The number of hydrazine groups is 1. The summed E-state index contributed by atoms with van der Waals surface area (Å²) in [6.07, 6.45) is -0.391. The van der Waals surface area contributed by atoms with E-state index in [1.165, 1.54) is 0 Å². The molecule has 0 aromatic rings. The largest absolute Gasteiger partial charge is 0.569 e. The fraction of sp³-hybridized carbons (Fsp3) is 0.909. The Labute approximate surface area is 113 Å². The highest BCUT2D eigenvalue weighted by Gasteiger charge is 2.24. The van der Waals surface area contributed by atoms with Gasteiger partial charge in [0, 0.05) is 0 Å². The van der Waals surface area contributed by atoms with Crippen LogP contribution in [0.3, 0.4) is 0 Å². The van der Waals surface area contributed by atoms with E-state index in [1.807, 2.05) is 27.7 Å². The third kappa shape index (κ3) is 8.92. The van der Waals surface area contributed by atoms with Gasteiger partial charge in [-0.15, -0.1) is 0 Å². The molecule has 0 saturated carbocycles. The summed E-state index contributed by atoms with van der Waals surface area (Å²) in [5.41, 5.74) is 2.21. The molecule has 0 aliphatic rings. The van der Waals surface area contributed by atoms with Crippen molar-refractivity contribution >= 4 is 6.16 Å². The van der Waals surface area contributed by atoms with Crippen molar-refractivity contribution in [1.29, 1.82) is 0 Å². The number of carbonyl (C=O) groups excluding carboxylic acids is 1. The first-order valence-electron chi connectivity index (χ1n) is 6.14. The monoisotopic (exact) mass is 277 g/mol. The van der Waals surface area contributed by atoms with Gasteiger partial charge in [-0.25, -0.2) is 4.79 Å². The van der Waals surface area contributed by atoms with E-state index in [9.17, 15) is 10.0 Å². The summed E-state index contributed by atoms with van der Waals surface area (Å²) in [6, 6.07) is 0. The second kappa shape index (κ2) is 8.39. The van der Waals surface area contributed by atoms with Gasteiger partial charge in [-0.2, -0.15) is 5.43 Å². The molecule has 112 valence electrons. The summed E-state index contributed by atoms with van der Waals surface area (Å²) in [7, 11) is 0. The standard InChI is InChI=1S/C11H23N3O5/c1-6-7-12-14(16)13-18-8-17-10(15)19-9(2)11(3,4)5/h9H,6-8H2,1-5H3,(H,12,13). The van der Waals surface area contributed by atoms with Gasteiger partial charge in [0.1, 0.15) is 6.10 Å². The van der Waals surface area contributed by atoms with Crippen molar-refractivity contribution in [1.82, 2.24) is 5.43 Å². The van der Waals surface area contributed by atoms with Crippen molar-refractivity contribution in [3.63, 3.8) is 0 Å². The van der Waals surface area contributed by atoms with Crippen molar-refractivity contribution in [2.75, 3.05) is 13.3 Å². The number of carbonyl (C=O) groups is 1. The molecule has 0 aliphatic carbocycles. The predicted octanol–water partition coefficient (Wildman–Crippen LogP) is 2.34. The van der Waals surface area contributed by atoms with Crippen LogP contribution >= 0.6 is 0 Å². The van der Waals surface area contributed by atoms with Gasteiger partial charge >= 0.3 is 6.16 Å². The second-order valence-electron chi connectivity index (χ2n) is 5.03. The molecular weight excluding hydrogens is 254 g/mol. The van der Waals surface area contributed by atoms with E-state index in [2.05, 4.69) is 20.3 Å². The first-order valence-corrected chi connectivity index (χ1v) is 6.14. The van der Waals surface area contributed by atoms with Crippen molar-refractivity contribution in [3.8, 4) is 0 Å². The first-order chi connectivity index (χ1) is 8.77. The Balaban J connectivity index is 3.81. The molecule has 0 heterocycles. The fourth-order valence-corrected chi connectivity index (χ4v) is 0.742.